The minimum absolute atomic E-state index is 0.164. The molecule has 0 saturated heterocycles. The van der Waals surface area contributed by atoms with E-state index in [1.165, 1.54) is 30.7 Å². The summed E-state index contributed by atoms with van der Waals surface area (Å²) in [7, 11) is 1.58. The number of anilines is 4. The summed E-state index contributed by atoms with van der Waals surface area (Å²) >= 11 is 2.87. The van der Waals surface area contributed by atoms with Crippen molar-refractivity contribution >= 4 is 51.2 Å². The third-order valence-corrected chi connectivity index (χ3v) is 5.12. The second-order valence-electron chi connectivity index (χ2n) is 6.74. The number of aromatic nitrogens is 2. The standard InChI is InChI=1S/C23H20BrF2N7O/c1-3-20(34)30-14-5-4-6-15(9-14)31-22-17(13-7-18(25)21(24)19(26)8-13)12-29-23(33-22)32-16(10-27)11-28-2/h3-12H,1,27H2,2H3,(H,30,34)(H2,29,31,32,33)/b16-10+,28-11?. The summed E-state index contributed by atoms with van der Waals surface area (Å²) in [5.41, 5.74) is 7.64. The van der Waals surface area contributed by atoms with Crippen LogP contribution in [0.25, 0.3) is 11.1 Å². The average molecular weight is 528 g/mol. The quantitative estimate of drug-likeness (QED) is 0.187. The molecular weight excluding hydrogens is 508 g/mol. The first-order valence-corrected chi connectivity index (χ1v) is 10.6. The molecule has 0 fully saturated rings. The largest absolute Gasteiger partial charge is 0.403 e. The van der Waals surface area contributed by atoms with Gasteiger partial charge in [0.2, 0.25) is 11.9 Å². The van der Waals surface area contributed by atoms with Gasteiger partial charge in [0.25, 0.3) is 0 Å². The second-order valence-corrected chi connectivity index (χ2v) is 7.54. The Balaban J connectivity index is 2.06. The third-order valence-electron chi connectivity index (χ3n) is 4.37. The molecule has 2 aromatic carbocycles. The van der Waals surface area contributed by atoms with Crippen molar-refractivity contribution in [3.8, 4) is 11.1 Å². The molecular formula is C23H20BrF2N7O. The number of nitrogens with zero attached hydrogens (tertiary/aromatic N) is 3. The van der Waals surface area contributed by atoms with Crippen molar-refractivity contribution in [1.29, 1.82) is 0 Å². The monoisotopic (exact) mass is 527 g/mol. The molecule has 5 N–H and O–H groups in total. The van der Waals surface area contributed by atoms with Crippen LogP contribution in [0.3, 0.4) is 0 Å². The predicted molar refractivity (Wildman–Crippen MR) is 134 cm³/mol. The number of nitrogens with one attached hydrogen (secondary N) is 3. The van der Waals surface area contributed by atoms with Crippen molar-refractivity contribution in [2.75, 3.05) is 23.0 Å². The van der Waals surface area contributed by atoms with E-state index in [0.717, 1.165) is 6.08 Å². The Kier molecular flexibility index (Phi) is 8.04. The molecule has 174 valence electrons. The van der Waals surface area contributed by atoms with E-state index in [0.29, 0.717) is 22.6 Å². The molecule has 0 bridgehead atoms. The molecule has 1 heterocycles. The Bertz CT molecular complexity index is 1270. The van der Waals surface area contributed by atoms with Gasteiger partial charge in [-0.25, -0.2) is 13.8 Å². The second kappa shape index (κ2) is 11.1. The number of aliphatic imine (C=N–C) groups is 1. The molecule has 0 saturated carbocycles. The van der Waals surface area contributed by atoms with E-state index in [4.69, 9.17) is 5.73 Å². The van der Waals surface area contributed by atoms with Crippen LogP contribution < -0.4 is 21.7 Å². The van der Waals surface area contributed by atoms with Crippen LogP contribution in [0.2, 0.25) is 0 Å². The summed E-state index contributed by atoms with van der Waals surface area (Å²) in [5.74, 6) is -1.51. The van der Waals surface area contributed by atoms with Gasteiger partial charge in [-0.15, -0.1) is 0 Å². The number of halogens is 3. The molecule has 11 heteroatoms. The lowest BCUT2D eigenvalue weighted by atomic mass is 10.1. The summed E-state index contributed by atoms with van der Waals surface area (Å²) in [4.78, 5) is 24.2. The van der Waals surface area contributed by atoms with E-state index in [2.05, 4.69) is 53.4 Å². The number of hydrogen-bond donors (Lipinski definition) is 4. The number of carbonyl (C=O) groups excluding carboxylic acids is 1. The molecule has 0 radical (unpaired) electrons. The molecule has 0 spiro atoms. The molecule has 34 heavy (non-hydrogen) atoms. The van der Waals surface area contributed by atoms with Gasteiger partial charge in [0.05, 0.1) is 10.2 Å². The summed E-state index contributed by atoms with van der Waals surface area (Å²) in [5, 5.41) is 8.68. The van der Waals surface area contributed by atoms with E-state index >= 15 is 0 Å². The van der Waals surface area contributed by atoms with Crippen LogP contribution in [0.15, 0.2) is 76.6 Å². The highest BCUT2D eigenvalue weighted by atomic mass is 79.9. The minimum atomic E-state index is -0.773. The van der Waals surface area contributed by atoms with Crippen molar-refractivity contribution in [3.63, 3.8) is 0 Å². The van der Waals surface area contributed by atoms with Crippen LogP contribution in [-0.2, 0) is 4.79 Å². The highest BCUT2D eigenvalue weighted by molar-refractivity contribution is 9.10. The van der Waals surface area contributed by atoms with Gasteiger partial charge in [-0.1, -0.05) is 12.6 Å². The lowest BCUT2D eigenvalue weighted by molar-refractivity contribution is -0.111. The maximum absolute atomic E-state index is 14.2. The minimum Gasteiger partial charge on any atom is -0.403 e. The average Bonchev–Trinajstić information content (AvgIpc) is 2.82. The maximum Gasteiger partial charge on any atom is 0.247 e. The maximum atomic E-state index is 14.2. The number of amides is 1. The van der Waals surface area contributed by atoms with E-state index in [-0.39, 0.29) is 27.7 Å². The van der Waals surface area contributed by atoms with E-state index < -0.39 is 11.6 Å². The lowest BCUT2D eigenvalue weighted by Crippen LogP contribution is -2.09. The fraction of sp³-hybridized carbons (Fsp3) is 0.0435. The van der Waals surface area contributed by atoms with Crippen molar-refractivity contribution in [2.45, 2.75) is 0 Å². The number of nitrogens with two attached hydrogens (primary N) is 1. The normalized spacial score (nSPS) is 11.4. The van der Waals surface area contributed by atoms with E-state index in [1.54, 1.807) is 31.3 Å². The number of hydrogen-bond acceptors (Lipinski definition) is 7. The van der Waals surface area contributed by atoms with E-state index in [1.807, 2.05) is 0 Å². The first-order valence-electron chi connectivity index (χ1n) is 9.78. The number of benzene rings is 2. The fourth-order valence-electron chi connectivity index (χ4n) is 2.85. The molecule has 1 aromatic heterocycles. The Morgan fingerprint density at radius 2 is 1.88 bits per heavy atom. The SMILES string of the molecule is C=CC(=O)Nc1cccc(Nc2nc(N/C(C=NC)=C/N)ncc2-c2cc(F)c(Br)c(F)c2)c1. The van der Waals surface area contributed by atoms with Gasteiger partial charge < -0.3 is 21.7 Å². The van der Waals surface area contributed by atoms with Gasteiger partial charge in [0.1, 0.15) is 17.5 Å². The summed E-state index contributed by atoms with van der Waals surface area (Å²) < 4.78 is 28.2. The van der Waals surface area contributed by atoms with Gasteiger partial charge in [0, 0.05) is 42.6 Å². The third kappa shape index (κ3) is 6.01. The first-order chi connectivity index (χ1) is 16.3. The van der Waals surface area contributed by atoms with Gasteiger partial charge >= 0.3 is 0 Å². The number of allylic oxidation sites excluding steroid dienone is 1. The molecule has 0 aliphatic rings. The van der Waals surface area contributed by atoms with Gasteiger partial charge in [-0.2, -0.15) is 4.98 Å². The topological polar surface area (TPSA) is 117 Å². The molecule has 0 unspecified atom stereocenters. The molecule has 0 atom stereocenters. The van der Waals surface area contributed by atoms with Crippen molar-refractivity contribution in [2.24, 2.45) is 10.7 Å². The van der Waals surface area contributed by atoms with Crippen molar-refractivity contribution in [1.82, 2.24) is 9.97 Å². The van der Waals surface area contributed by atoms with Crippen molar-refractivity contribution in [3.05, 3.63) is 83.3 Å². The van der Waals surface area contributed by atoms with Crippen LogP contribution in [0.4, 0.5) is 31.9 Å². The molecule has 8 nitrogen and oxygen atoms in total. The summed E-state index contributed by atoms with van der Waals surface area (Å²) in [6, 6.07) is 9.15. The highest BCUT2D eigenvalue weighted by Crippen LogP contribution is 2.33. The zero-order valence-electron chi connectivity index (χ0n) is 17.9. The zero-order valence-corrected chi connectivity index (χ0v) is 19.5. The molecule has 1 amide bonds. The fourth-order valence-corrected chi connectivity index (χ4v) is 3.08. The van der Waals surface area contributed by atoms with Crippen LogP contribution in [0, 0.1) is 11.6 Å². The van der Waals surface area contributed by atoms with Gasteiger partial charge in [-0.05, 0) is 57.9 Å². The molecule has 0 aliphatic carbocycles. The lowest BCUT2D eigenvalue weighted by Gasteiger charge is -2.15. The predicted octanol–water partition coefficient (Wildman–Crippen LogP) is 4.97. The molecule has 3 aromatic rings. The number of rotatable bonds is 8. The zero-order chi connectivity index (χ0) is 24.7. The van der Waals surface area contributed by atoms with Crippen LogP contribution >= 0.6 is 15.9 Å². The molecule has 0 aliphatic heterocycles. The van der Waals surface area contributed by atoms with Crippen LogP contribution in [0.1, 0.15) is 0 Å². The molecule has 3 rings (SSSR count). The van der Waals surface area contributed by atoms with Gasteiger partial charge in [-0.3, -0.25) is 9.79 Å². The number of carbonyl (C=O) groups is 1. The van der Waals surface area contributed by atoms with E-state index in [9.17, 15) is 13.6 Å². The summed E-state index contributed by atoms with van der Waals surface area (Å²) in [6.07, 6.45) is 5.35. The highest BCUT2D eigenvalue weighted by Gasteiger charge is 2.15. The first kappa shape index (κ1) is 24.5. The van der Waals surface area contributed by atoms with Crippen molar-refractivity contribution < 1.29 is 13.6 Å². The Morgan fingerprint density at radius 1 is 1.18 bits per heavy atom. The Labute approximate surface area is 202 Å². The van der Waals surface area contributed by atoms with Crippen LogP contribution in [-0.4, -0.2) is 29.1 Å². The smallest absolute Gasteiger partial charge is 0.247 e. The summed E-state index contributed by atoms with van der Waals surface area (Å²) in [6.45, 7) is 3.43. The van der Waals surface area contributed by atoms with Crippen LogP contribution in [0.5, 0.6) is 0 Å². The van der Waals surface area contributed by atoms with Gasteiger partial charge in [0.15, 0.2) is 0 Å². The Hall–Kier alpha value is -4.12. The Morgan fingerprint density at radius 3 is 2.53 bits per heavy atom.